The van der Waals surface area contributed by atoms with Crippen LogP contribution in [0.3, 0.4) is 0 Å². The van der Waals surface area contributed by atoms with Crippen LogP contribution >= 0.6 is 0 Å². The summed E-state index contributed by atoms with van der Waals surface area (Å²) in [6.07, 6.45) is -0.601. The molecule has 1 N–H and O–H groups in total. The molecule has 0 bridgehead atoms. The number of carboxylic acids is 1. The van der Waals surface area contributed by atoms with E-state index in [0.717, 1.165) is 5.56 Å². The topological polar surface area (TPSA) is 66.8 Å². The van der Waals surface area contributed by atoms with Crippen molar-refractivity contribution in [2.24, 2.45) is 11.8 Å². The number of halogens is 1. The second kappa shape index (κ2) is 6.36. The van der Waals surface area contributed by atoms with E-state index in [0.29, 0.717) is 0 Å². The summed E-state index contributed by atoms with van der Waals surface area (Å²) in [5.74, 6) is -2.59. The molecule has 0 saturated carbocycles. The van der Waals surface area contributed by atoms with Crippen LogP contribution in [0.5, 0.6) is 0 Å². The summed E-state index contributed by atoms with van der Waals surface area (Å²) in [5, 5.41) is 8.98. The molecule has 2 atom stereocenters. The highest BCUT2D eigenvalue weighted by Gasteiger charge is 2.40. The average Bonchev–Trinajstić information content (AvgIpc) is 2.90. The Labute approximate surface area is 116 Å². The lowest BCUT2D eigenvalue weighted by Crippen LogP contribution is -2.30. The normalized spacial score (nSPS) is 21.8. The van der Waals surface area contributed by atoms with Crippen LogP contribution in [0.1, 0.15) is 5.56 Å². The minimum absolute atomic E-state index is 0.00244. The number of benzene rings is 1. The Morgan fingerprint density at radius 2 is 2.00 bits per heavy atom. The number of aliphatic carboxylic acids is 1. The van der Waals surface area contributed by atoms with Crippen molar-refractivity contribution in [2.75, 3.05) is 19.8 Å². The molecule has 1 aromatic carbocycles. The van der Waals surface area contributed by atoms with Crippen LogP contribution in [-0.2, 0) is 16.1 Å². The lowest BCUT2D eigenvalue weighted by Gasteiger charge is -2.15. The molecule has 1 saturated heterocycles. The minimum atomic E-state index is -1.08. The lowest BCUT2D eigenvalue weighted by atomic mass is 9.98. The van der Waals surface area contributed by atoms with Crippen molar-refractivity contribution < 1.29 is 23.8 Å². The van der Waals surface area contributed by atoms with Crippen molar-refractivity contribution in [3.8, 4) is 0 Å². The standard InChI is InChI=1S/C14H16FNO4/c15-6-11-7-16(8-12(11)13(17)18)14(19)20-9-10-4-2-1-3-5-10/h1-5,11-12H,6-9H2,(H,17,18)/t11-,12-/m0/s1. The number of rotatable bonds is 4. The van der Waals surface area contributed by atoms with Gasteiger partial charge in [-0.25, -0.2) is 4.79 Å². The summed E-state index contributed by atoms with van der Waals surface area (Å²) in [4.78, 5) is 24.1. The number of carbonyl (C=O) groups excluding carboxylic acids is 1. The van der Waals surface area contributed by atoms with Crippen LogP contribution in [0.4, 0.5) is 9.18 Å². The summed E-state index contributed by atoms with van der Waals surface area (Å²) in [6.45, 7) is -0.549. The zero-order valence-corrected chi connectivity index (χ0v) is 10.9. The number of hydrogen-bond donors (Lipinski definition) is 1. The van der Waals surface area contributed by atoms with E-state index in [4.69, 9.17) is 9.84 Å². The van der Waals surface area contributed by atoms with Crippen molar-refractivity contribution in [1.29, 1.82) is 0 Å². The molecule has 1 heterocycles. The maximum absolute atomic E-state index is 12.8. The van der Waals surface area contributed by atoms with Crippen molar-refractivity contribution >= 4 is 12.1 Å². The Morgan fingerprint density at radius 3 is 2.55 bits per heavy atom. The van der Waals surface area contributed by atoms with Crippen molar-refractivity contribution in [2.45, 2.75) is 6.61 Å². The minimum Gasteiger partial charge on any atom is -0.481 e. The summed E-state index contributed by atoms with van der Waals surface area (Å²) >= 11 is 0. The fourth-order valence-electron chi connectivity index (χ4n) is 2.27. The van der Waals surface area contributed by atoms with E-state index >= 15 is 0 Å². The number of ether oxygens (including phenoxy) is 1. The number of hydrogen-bond acceptors (Lipinski definition) is 3. The van der Waals surface area contributed by atoms with E-state index in [1.165, 1.54) is 4.90 Å². The highest BCUT2D eigenvalue weighted by Crippen LogP contribution is 2.25. The van der Waals surface area contributed by atoms with E-state index in [9.17, 15) is 14.0 Å². The summed E-state index contributed by atoms with van der Waals surface area (Å²) < 4.78 is 17.9. The monoisotopic (exact) mass is 281 g/mol. The molecule has 0 aliphatic carbocycles. The van der Waals surface area contributed by atoms with Gasteiger partial charge in [-0.1, -0.05) is 30.3 Å². The zero-order chi connectivity index (χ0) is 14.5. The van der Waals surface area contributed by atoms with Gasteiger partial charge in [0.2, 0.25) is 0 Å². The van der Waals surface area contributed by atoms with E-state index in [2.05, 4.69) is 0 Å². The largest absolute Gasteiger partial charge is 0.481 e. The quantitative estimate of drug-likeness (QED) is 0.915. The van der Waals surface area contributed by atoms with Gasteiger partial charge in [0, 0.05) is 19.0 Å². The molecule has 1 aliphatic rings. The maximum atomic E-state index is 12.8. The lowest BCUT2D eigenvalue weighted by molar-refractivity contribution is -0.142. The first-order chi connectivity index (χ1) is 9.61. The Kier molecular flexibility index (Phi) is 4.55. The van der Waals surface area contributed by atoms with Gasteiger partial charge in [-0.3, -0.25) is 9.18 Å². The number of likely N-dealkylation sites (tertiary alicyclic amines) is 1. The third-order valence-electron chi connectivity index (χ3n) is 3.42. The Bertz CT molecular complexity index is 479. The van der Waals surface area contributed by atoms with Gasteiger partial charge in [0.05, 0.1) is 12.6 Å². The molecule has 108 valence electrons. The molecule has 1 aliphatic heterocycles. The molecule has 0 spiro atoms. The van der Waals surface area contributed by atoms with Gasteiger partial charge in [0.15, 0.2) is 0 Å². The van der Waals surface area contributed by atoms with Crippen LogP contribution in [0, 0.1) is 11.8 Å². The van der Waals surface area contributed by atoms with Gasteiger partial charge in [0.25, 0.3) is 0 Å². The molecular weight excluding hydrogens is 265 g/mol. The Morgan fingerprint density at radius 1 is 1.30 bits per heavy atom. The fraction of sp³-hybridized carbons (Fsp3) is 0.429. The molecular formula is C14H16FNO4. The molecule has 0 unspecified atom stereocenters. The Balaban J connectivity index is 1.89. The van der Waals surface area contributed by atoms with Crippen molar-refractivity contribution in [3.05, 3.63) is 35.9 Å². The second-order valence-corrected chi connectivity index (χ2v) is 4.80. The highest BCUT2D eigenvalue weighted by atomic mass is 19.1. The molecule has 6 heteroatoms. The van der Waals surface area contributed by atoms with Crippen LogP contribution in [0.25, 0.3) is 0 Å². The highest BCUT2D eigenvalue weighted by molar-refractivity contribution is 5.74. The molecule has 20 heavy (non-hydrogen) atoms. The first kappa shape index (κ1) is 14.3. The summed E-state index contributed by atoms with van der Waals surface area (Å²) in [7, 11) is 0. The number of nitrogens with zero attached hydrogens (tertiary/aromatic N) is 1. The number of amides is 1. The fourth-order valence-corrected chi connectivity index (χ4v) is 2.27. The molecule has 1 amide bonds. The van der Waals surface area contributed by atoms with Crippen LogP contribution in [-0.4, -0.2) is 41.8 Å². The van der Waals surface area contributed by atoms with Crippen molar-refractivity contribution in [1.82, 2.24) is 4.90 Å². The molecule has 1 fully saturated rings. The molecule has 0 radical (unpaired) electrons. The van der Waals surface area contributed by atoms with E-state index < -0.39 is 30.6 Å². The predicted octanol–water partition coefficient (Wildman–Crippen LogP) is 1.93. The number of alkyl halides is 1. The molecule has 2 rings (SSSR count). The predicted molar refractivity (Wildman–Crippen MR) is 68.8 cm³/mol. The van der Waals surface area contributed by atoms with Gasteiger partial charge in [-0.05, 0) is 5.56 Å². The summed E-state index contributed by atoms with van der Waals surface area (Å²) in [5.41, 5.74) is 0.844. The van der Waals surface area contributed by atoms with E-state index in [1.54, 1.807) is 0 Å². The van der Waals surface area contributed by atoms with Crippen LogP contribution in [0.15, 0.2) is 30.3 Å². The number of carbonyl (C=O) groups is 2. The van der Waals surface area contributed by atoms with E-state index in [-0.39, 0.29) is 19.7 Å². The smallest absolute Gasteiger partial charge is 0.410 e. The third-order valence-corrected chi connectivity index (χ3v) is 3.42. The van der Waals surface area contributed by atoms with Crippen LogP contribution in [0.2, 0.25) is 0 Å². The van der Waals surface area contributed by atoms with Gasteiger partial charge < -0.3 is 14.7 Å². The van der Waals surface area contributed by atoms with Crippen molar-refractivity contribution in [3.63, 3.8) is 0 Å². The maximum Gasteiger partial charge on any atom is 0.410 e. The van der Waals surface area contributed by atoms with E-state index in [1.807, 2.05) is 30.3 Å². The molecule has 5 nitrogen and oxygen atoms in total. The first-order valence-corrected chi connectivity index (χ1v) is 6.36. The van der Waals surface area contributed by atoms with Gasteiger partial charge in [-0.15, -0.1) is 0 Å². The number of carboxylic acid groups (broad SMARTS) is 1. The SMILES string of the molecule is O=C(O)[C@H]1CN(C(=O)OCc2ccccc2)C[C@@H]1CF. The zero-order valence-electron chi connectivity index (χ0n) is 10.9. The molecule has 1 aromatic rings. The average molecular weight is 281 g/mol. The van der Waals surface area contributed by atoms with Gasteiger partial charge in [-0.2, -0.15) is 0 Å². The van der Waals surface area contributed by atoms with Crippen LogP contribution < -0.4 is 0 Å². The first-order valence-electron chi connectivity index (χ1n) is 6.36. The second-order valence-electron chi connectivity index (χ2n) is 4.80. The van der Waals surface area contributed by atoms with Gasteiger partial charge >= 0.3 is 12.1 Å². The summed E-state index contributed by atoms with van der Waals surface area (Å²) in [6, 6.07) is 9.16. The van der Waals surface area contributed by atoms with Gasteiger partial charge in [0.1, 0.15) is 6.61 Å². The molecule has 0 aromatic heterocycles. The Hall–Kier alpha value is -2.11. The third kappa shape index (κ3) is 3.26.